The van der Waals surface area contributed by atoms with E-state index in [9.17, 15) is 9.59 Å². The lowest BCUT2D eigenvalue weighted by Crippen LogP contribution is -2.34. The van der Waals surface area contributed by atoms with Crippen molar-refractivity contribution in [2.75, 3.05) is 0 Å². The fraction of sp³-hybridized carbons (Fsp3) is 0.250. The van der Waals surface area contributed by atoms with Crippen LogP contribution in [-0.4, -0.2) is 10.9 Å². The molecule has 2 aromatic rings. The number of H-pyrrole nitrogens is 1. The first-order valence-corrected chi connectivity index (χ1v) is 6.82. The molecule has 0 spiro atoms. The second-order valence-electron chi connectivity index (χ2n) is 5.03. The first-order valence-electron chi connectivity index (χ1n) is 6.82. The van der Waals surface area contributed by atoms with Crippen LogP contribution in [-0.2, 0) is 6.42 Å². The number of benzene rings is 1. The molecule has 1 atom stereocenters. The number of pyridine rings is 1. The molecular weight excluding hydrogens is 252 g/mol. The highest BCUT2D eigenvalue weighted by Gasteiger charge is 2.22. The average Bonchev–Trinajstić information content (AvgIpc) is 2.48. The van der Waals surface area contributed by atoms with Crippen LogP contribution in [0.15, 0.2) is 47.4 Å². The average molecular weight is 268 g/mol. The molecule has 0 bridgehead atoms. The molecule has 1 aliphatic carbocycles. The van der Waals surface area contributed by atoms with Crippen LogP contribution in [0.1, 0.15) is 40.4 Å². The van der Waals surface area contributed by atoms with E-state index in [0.29, 0.717) is 0 Å². The van der Waals surface area contributed by atoms with Crippen molar-refractivity contribution in [1.29, 1.82) is 0 Å². The predicted molar refractivity (Wildman–Crippen MR) is 76.6 cm³/mol. The second kappa shape index (κ2) is 5.33. The Morgan fingerprint density at radius 1 is 1.20 bits per heavy atom. The summed E-state index contributed by atoms with van der Waals surface area (Å²) in [4.78, 5) is 26.4. The summed E-state index contributed by atoms with van der Waals surface area (Å²) in [6, 6.07) is 11.3. The van der Waals surface area contributed by atoms with Crippen molar-refractivity contribution < 1.29 is 4.79 Å². The van der Waals surface area contributed by atoms with E-state index in [4.69, 9.17) is 0 Å². The molecule has 102 valence electrons. The van der Waals surface area contributed by atoms with Crippen LogP contribution in [0.4, 0.5) is 0 Å². The van der Waals surface area contributed by atoms with Crippen molar-refractivity contribution in [2.45, 2.75) is 25.3 Å². The van der Waals surface area contributed by atoms with Crippen LogP contribution in [0.5, 0.6) is 0 Å². The third-order valence-corrected chi connectivity index (χ3v) is 3.74. The first-order chi connectivity index (χ1) is 9.75. The summed E-state index contributed by atoms with van der Waals surface area (Å²) in [7, 11) is 0. The van der Waals surface area contributed by atoms with Gasteiger partial charge >= 0.3 is 0 Å². The van der Waals surface area contributed by atoms with Crippen LogP contribution in [0.3, 0.4) is 0 Å². The fourth-order valence-corrected chi connectivity index (χ4v) is 2.74. The number of rotatable bonds is 2. The van der Waals surface area contributed by atoms with Gasteiger partial charge in [0.05, 0.1) is 6.04 Å². The van der Waals surface area contributed by atoms with Crippen LogP contribution in [0, 0.1) is 0 Å². The second-order valence-corrected chi connectivity index (χ2v) is 5.03. The largest absolute Gasteiger partial charge is 0.345 e. The molecule has 3 rings (SSSR count). The Balaban J connectivity index is 1.85. The van der Waals surface area contributed by atoms with E-state index in [-0.39, 0.29) is 23.1 Å². The van der Waals surface area contributed by atoms with Crippen LogP contribution in [0.25, 0.3) is 0 Å². The quantitative estimate of drug-likeness (QED) is 0.877. The smallest absolute Gasteiger partial charge is 0.260 e. The number of hydrogen-bond donors (Lipinski definition) is 2. The maximum atomic E-state index is 12.2. The summed E-state index contributed by atoms with van der Waals surface area (Å²) in [6.45, 7) is 0. The van der Waals surface area contributed by atoms with Crippen molar-refractivity contribution >= 4 is 5.91 Å². The molecule has 1 aromatic heterocycles. The first kappa shape index (κ1) is 12.7. The number of carbonyl (C=O) groups is 1. The van der Waals surface area contributed by atoms with Gasteiger partial charge in [0.2, 0.25) is 0 Å². The number of hydrogen-bond acceptors (Lipinski definition) is 2. The van der Waals surface area contributed by atoms with Crippen LogP contribution < -0.4 is 10.9 Å². The lowest BCUT2D eigenvalue weighted by atomic mass is 9.87. The molecule has 0 aliphatic heterocycles. The number of carbonyl (C=O) groups excluding carboxylic acids is 1. The van der Waals surface area contributed by atoms with Gasteiger partial charge in [-0.15, -0.1) is 0 Å². The molecule has 2 N–H and O–H groups in total. The lowest BCUT2D eigenvalue weighted by molar-refractivity contribution is 0.0931. The molecule has 0 fully saturated rings. The third kappa shape index (κ3) is 2.37. The SMILES string of the molecule is O=C(NC1CCCc2ccccc21)c1ccc[nH]c1=O. The molecule has 1 heterocycles. The van der Waals surface area contributed by atoms with Gasteiger partial charge in [-0.1, -0.05) is 24.3 Å². The molecule has 0 saturated carbocycles. The summed E-state index contributed by atoms with van der Waals surface area (Å²) in [5.74, 6) is -0.312. The monoisotopic (exact) mass is 268 g/mol. The molecule has 20 heavy (non-hydrogen) atoms. The minimum absolute atomic E-state index is 0.00736. The van der Waals surface area contributed by atoms with E-state index in [2.05, 4.69) is 22.4 Å². The Bertz CT molecular complexity index is 691. The molecule has 0 radical (unpaired) electrons. The maximum Gasteiger partial charge on any atom is 0.260 e. The van der Waals surface area contributed by atoms with E-state index in [1.165, 1.54) is 17.3 Å². The summed E-state index contributed by atoms with van der Waals surface area (Å²) in [5, 5.41) is 2.97. The zero-order valence-electron chi connectivity index (χ0n) is 11.1. The van der Waals surface area contributed by atoms with Gasteiger partial charge in [0.15, 0.2) is 0 Å². The Labute approximate surface area is 116 Å². The van der Waals surface area contributed by atoms with Gasteiger partial charge in [-0.2, -0.15) is 0 Å². The molecule has 0 saturated heterocycles. The topological polar surface area (TPSA) is 62.0 Å². The molecule has 1 aliphatic rings. The normalized spacial score (nSPS) is 17.3. The van der Waals surface area contributed by atoms with Crippen molar-refractivity contribution in [3.8, 4) is 0 Å². The Hall–Kier alpha value is -2.36. The van der Waals surface area contributed by atoms with Crippen molar-refractivity contribution in [1.82, 2.24) is 10.3 Å². The highest BCUT2D eigenvalue weighted by Crippen LogP contribution is 2.29. The molecule has 4 heteroatoms. The Kier molecular flexibility index (Phi) is 3.37. The lowest BCUT2D eigenvalue weighted by Gasteiger charge is -2.26. The van der Waals surface area contributed by atoms with Gasteiger partial charge in [0, 0.05) is 6.20 Å². The number of nitrogens with one attached hydrogen (secondary N) is 2. The standard InChI is InChI=1S/C16H16N2O2/c19-15-13(8-4-10-17-15)16(20)18-14-9-3-6-11-5-1-2-7-12(11)14/h1-2,4-5,7-8,10,14H,3,6,9H2,(H,17,19)(H,18,20). The summed E-state index contributed by atoms with van der Waals surface area (Å²) < 4.78 is 0. The summed E-state index contributed by atoms with van der Waals surface area (Å²) >= 11 is 0. The number of amides is 1. The number of aryl methyl sites for hydroxylation is 1. The van der Waals surface area contributed by atoms with Crippen molar-refractivity contribution in [3.05, 3.63) is 69.6 Å². The maximum absolute atomic E-state index is 12.2. The van der Waals surface area contributed by atoms with E-state index in [1.807, 2.05) is 12.1 Å². The highest BCUT2D eigenvalue weighted by atomic mass is 16.2. The molecule has 1 aromatic carbocycles. The van der Waals surface area contributed by atoms with Crippen LogP contribution in [0.2, 0.25) is 0 Å². The molecular formula is C16H16N2O2. The third-order valence-electron chi connectivity index (χ3n) is 3.74. The van der Waals surface area contributed by atoms with Gasteiger partial charge < -0.3 is 10.3 Å². The Morgan fingerprint density at radius 3 is 2.90 bits per heavy atom. The zero-order valence-corrected chi connectivity index (χ0v) is 11.1. The zero-order chi connectivity index (χ0) is 13.9. The highest BCUT2D eigenvalue weighted by molar-refractivity contribution is 5.94. The van der Waals surface area contributed by atoms with Gasteiger partial charge in [0.1, 0.15) is 5.56 Å². The number of fused-ring (bicyclic) bond motifs is 1. The van der Waals surface area contributed by atoms with E-state index in [0.717, 1.165) is 19.3 Å². The van der Waals surface area contributed by atoms with E-state index < -0.39 is 0 Å². The molecule has 1 unspecified atom stereocenters. The van der Waals surface area contributed by atoms with Gasteiger partial charge in [-0.05, 0) is 42.5 Å². The molecule has 4 nitrogen and oxygen atoms in total. The number of aromatic amines is 1. The van der Waals surface area contributed by atoms with Gasteiger partial charge in [-0.3, -0.25) is 9.59 Å². The minimum atomic E-state index is -0.353. The number of aromatic nitrogens is 1. The van der Waals surface area contributed by atoms with Gasteiger partial charge in [0.25, 0.3) is 11.5 Å². The summed E-state index contributed by atoms with van der Waals surface area (Å²) in [6.07, 6.45) is 4.53. The Morgan fingerprint density at radius 2 is 2.05 bits per heavy atom. The van der Waals surface area contributed by atoms with E-state index >= 15 is 0 Å². The van der Waals surface area contributed by atoms with Crippen molar-refractivity contribution in [3.63, 3.8) is 0 Å². The molecule has 1 amide bonds. The fourth-order valence-electron chi connectivity index (χ4n) is 2.74. The predicted octanol–water partition coefficient (Wildman–Crippen LogP) is 2.18. The minimum Gasteiger partial charge on any atom is -0.345 e. The summed E-state index contributed by atoms with van der Waals surface area (Å²) in [5.41, 5.74) is 2.26. The van der Waals surface area contributed by atoms with Gasteiger partial charge in [-0.25, -0.2) is 0 Å². The van der Waals surface area contributed by atoms with E-state index in [1.54, 1.807) is 12.1 Å². The van der Waals surface area contributed by atoms with Crippen LogP contribution >= 0.6 is 0 Å². The van der Waals surface area contributed by atoms with Crippen molar-refractivity contribution in [2.24, 2.45) is 0 Å².